The normalized spacial score (nSPS) is 14.4. The summed E-state index contributed by atoms with van der Waals surface area (Å²) in [5.74, 6) is 0. The first-order chi connectivity index (χ1) is 5.83. The second-order valence-electron chi connectivity index (χ2n) is 2.92. The molecule has 1 heterocycles. The summed E-state index contributed by atoms with van der Waals surface area (Å²) in [6, 6.07) is 0. The number of halogens is 1. The van der Waals surface area contributed by atoms with Crippen molar-refractivity contribution in [1.29, 1.82) is 0 Å². The summed E-state index contributed by atoms with van der Waals surface area (Å²) < 4.78 is 0. The molecule has 0 amide bonds. The predicted octanol–water partition coefficient (Wildman–Crippen LogP) is 2.04. The zero-order valence-corrected chi connectivity index (χ0v) is 7.27. The number of aromatic nitrogens is 1. The molecule has 0 atom stereocenters. The van der Waals surface area contributed by atoms with Crippen LogP contribution in [0, 0.1) is 0 Å². The molecule has 3 heteroatoms. The number of carbonyl (C=O) groups is 1. The molecule has 0 bridgehead atoms. The lowest BCUT2D eigenvalue weighted by Gasteiger charge is -2.02. The molecule has 2 nitrogen and oxygen atoms in total. The van der Waals surface area contributed by atoms with Crippen molar-refractivity contribution >= 4 is 17.9 Å². The Bertz CT molecular complexity index is 336. The Kier molecular flexibility index (Phi) is 1.85. The van der Waals surface area contributed by atoms with Crippen molar-refractivity contribution in [3.8, 4) is 0 Å². The largest absolute Gasteiger partial charge is 0.298 e. The molecule has 1 aliphatic carbocycles. The minimum absolute atomic E-state index is 0.511. The van der Waals surface area contributed by atoms with E-state index < -0.39 is 0 Å². The summed E-state index contributed by atoms with van der Waals surface area (Å²) in [4.78, 5) is 14.7. The second kappa shape index (κ2) is 2.87. The van der Waals surface area contributed by atoms with Gasteiger partial charge in [0.25, 0.3) is 0 Å². The standard InChI is InChI=1S/C9H8ClNO/c10-9-6(5-12)4-11-8-3-1-2-7(8)9/h4-5H,1-3H2. The van der Waals surface area contributed by atoms with Crippen molar-refractivity contribution in [2.24, 2.45) is 0 Å². The maximum atomic E-state index is 10.5. The van der Waals surface area contributed by atoms with Gasteiger partial charge in [-0.1, -0.05) is 11.6 Å². The van der Waals surface area contributed by atoms with Gasteiger partial charge in [0, 0.05) is 11.9 Å². The van der Waals surface area contributed by atoms with E-state index in [9.17, 15) is 4.79 Å². The third kappa shape index (κ3) is 1.03. The van der Waals surface area contributed by atoms with Gasteiger partial charge in [-0.3, -0.25) is 9.78 Å². The van der Waals surface area contributed by atoms with Crippen molar-refractivity contribution in [2.75, 3.05) is 0 Å². The number of carbonyl (C=O) groups excluding carboxylic acids is 1. The minimum atomic E-state index is 0.511. The average Bonchev–Trinajstić information content (AvgIpc) is 2.53. The van der Waals surface area contributed by atoms with Gasteiger partial charge in [-0.05, 0) is 24.8 Å². The number of hydrogen-bond donors (Lipinski definition) is 0. The molecule has 0 fully saturated rings. The minimum Gasteiger partial charge on any atom is -0.298 e. The zero-order valence-electron chi connectivity index (χ0n) is 6.51. The van der Waals surface area contributed by atoms with E-state index in [0.29, 0.717) is 10.6 Å². The molecule has 12 heavy (non-hydrogen) atoms. The fourth-order valence-electron chi connectivity index (χ4n) is 1.57. The van der Waals surface area contributed by atoms with E-state index in [1.807, 2.05) is 0 Å². The molecule has 2 rings (SSSR count). The topological polar surface area (TPSA) is 30.0 Å². The molecule has 0 aromatic carbocycles. The fraction of sp³-hybridized carbons (Fsp3) is 0.333. The van der Waals surface area contributed by atoms with Gasteiger partial charge >= 0.3 is 0 Å². The van der Waals surface area contributed by atoms with Gasteiger partial charge in [-0.25, -0.2) is 0 Å². The third-order valence-electron chi connectivity index (χ3n) is 2.19. The Hall–Kier alpha value is -0.890. The lowest BCUT2D eigenvalue weighted by atomic mass is 10.2. The summed E-state index contributed by atoms with van der Waals surface area (Å²) in [6.45, 7) is 0. The maximum absolute atomic E-state index is 10.5. The van der Waals surface area contributed by atoms with Crippen LogP contribution in [-0.4, -0.2) is 11.3 Å². The first-order valence-corrected chi connectivity index (χ1v) is 4.32. The number of aryl methyl sites for hydroxylation is 1. The van der Waals surface area contributed by atoms with Crippen molar-refractivity contribution in [3.05, 3.63) is 28.0 Å². The number of rotatable bonds is 1. The van der Waals surface area contributed by atoms with E-state index in [1.165, 1.54) is 0 Å². The van der Waals surface area contributed by atoms with E-state index in [0.717, 1.165) is 36.8 Å². The molecule has 0 aliphatic heterocycles. The second-order valence-corrected chi connectivity index (χ2v) is 3.30. The number of fused-ring (bicyclic) bond motifs is 1. The highest BCUT2D eigenvalue weighted by Gasteiger charge is 2.17. The monoisotopic (exact) mass is 181 g/mol. The number of nitrogens with zero attached hydrogens (tertiary/aromatic N) is 1. The molecular weight excluding hydrogens is 174 g/mol. The molecule has 0 spiro atoms. The molecular formula is C9H8ClNO. The van der Waals surface area contributed by atoms with Crippen LogP contribution in [0.5, 0.6) is 0 Å². The predicted molar refractivity (Wildman–Crippen MR) is 46.7 cm³/mol. The maximum Gasteiger partial charge on any atom is 0.153 e. The summed E-state index contributed by atoms with van der Waals surface area (Å²) in [6.07, 6.45) is 5.37. The highest BCUT2D eigenvalue weighted by molar-refractivity contribution is 6.33. The molecule has 1 aromatic heterocycles. The quantitative estimate of drug-likeness (QED) is 0.621. The molecule has 0 N–H and O–H groups in total. The van der Waals surface area contributed by atoms with Crippen LogP contribution in [0.3, 0.4) is 0 Å². The fourth-order valence-corrected chi connectivity index (χ4v) is 1.86. The number of aldehydes is 1. The van der Waals surface area contributed by atoms with Crippen LogP contribution in [0.4, 0.5) is 0 Å². The SMILES string of the molecule is O=Cc1cnc2c(c1Cl)CCC2. The Balaban J connectivity index is 2.61. The average molecular weight is 182 g/mol. The van der Waals surface area contributed by atoms with E-state index in [2.05, 4.69) is 4.98 Å². The molecule has 0 radical (unpaired) electrons. The van der Waals surface area contributed by atoms with E-state index >= 15 is 0 Å². The van der Waals surface area contributed by atoms with Crippen LogP contribution >= 0.6 is 11.6 Å². The summed E-state index contributed by atoms with van der Waals surface area (Å²) in [5, 5.41) is 0.604. The Morgan fingerprint density at radius 2 is 2.33 bits per heavy atom. The van der Waals surface area contributed by atoms with Gasteiger partial charge in [0.2, 0.25) is 0 Å². The Labute approximate surface area is 75.6 Å². The van der Waals surface area contributed by atoms with E-state index in [4.69, 9.17) is 11.6 Å². The zero-order chi connectivity index (χ0) is 8.55. The Morgan fingerprint density at radius 1 is 1.50 bits per heavy atom. The van der Waals surface area contributed by atoms with Crippen LogP contribution < -0.4 is 0 Å². The Morgan fingerprint density at radius 3 is 3.08 bits per heavy atom. The van der Waals surface area contributed by atoms with Crippen LogP contribution in [0.2, 0.25) is 5.02 Å². The van der Waals surface area contributed by atoms with Crippen LogP contribution in [0.15, 0.2) is 6.20 Å². The number of hydrogen-bond acceptors (Lipinski definition) is 2. The summed E-state index contributed by atoms with van der Waals surface area (Å²) in [5.41, 5.74) is 2.64. The van der Waals surface area contributed by atoms with E-state index in [1.54, 1.807) is 6.20 Å². The molecule has 62 valence electrons. The first-order valence-electron chi connectivity index (χ1n) is 3.94. The van der Waals surface area contributed by atoms with Gasteiger partial charge in [-0.2, -0.15) is 0 Å². The lowest BCUT2D eigenvalue weighted by Crippen LogP contribution is -1.93. The summed E-state index contributed by atoms with van der Waals surface area (Å²) in [7, 11) is 0. The number of pyridine rings is 1. The van der Waals surface area contributed by atoms with Gasteiger partial charge < -0.3 is 0 Å². The van der Waals surface area contributed by atoms with Crippen molar-refractivity contribution in [2.45, 2.75) is 19.3 Å². The van der Waals surface area contributed by atoms with Gasteiger partial charge in [-0.15, -0.1) is 0 Å². The lowest BCUT2D eigenvalue weighted by molar-refractivity contribution is 0.112. The molecule has 0 saturated heterocycles. The highest BCUT2D eigenvalue weighted by atomic mass is 35.5. The van der Waals surface area contributed by atoms with Crippen molar-refractivity contribution in [3.63, 3.8) is 0 Å². The van der Waals surface area contributed by atoms with Crippen molar-refractivity contribution < 1.29 is 4.79 Å². The first kappa shape index (κ1) is 7.74. The van der Waals surface area contributed by atoms with Crippen LogP contribution in [-0.2, 0) is 12.8 Å². The molecule has 1 aromatic rings. The third-order valence-corrected chi connectivity index (χ3v) is 2.64. The smallest absolute Gasteiger partial charge is 0.153 e. The van der Waals surface area contributed by atoms with Crippen molar-refractivity contribution in [1.82, 2.24) is 4.98 Å². The molecule has 0 unspecified atom stereocenters. The highest BCUT2D eigenvalue weighted by Crippen LogP contribution is 2.28. The van der Waals surface area contributed by atoms with Gasteiger partial charge in [0.1, 0.15) is 0 Å². The van der Waals surface area contributed by atoms with Crippen LogP contribution in [0.1, 0.15) is 28.0 Å². The molecule has 1 aliphatic rings. The van der Waals surface area contributed by atoms with Gasteiger partial charge in [0.15, 0.2) is 6.29 Å². The van der Waals surface area contributed by atoms with Crippen LogP contribution in [0.25, 0.3) is 0 Å². The molecule has 0 saturated carbocycles. The summed E-state index contributed by atoms with van der Waals surface area (Å²) >= 11 is 5.98. The van der Waals surface area contributed by atoms with Gasteiger partial charge in [0.05, 0.1) is 10.6 Å². The van der Waals surface area contributed by atoms with E-state index in [-0.39, 0.29) is 0 Å².